The molecule has 60 valence electrons. The van der Waals surface area contributed by atoms with Crippen LogP contribution in [-0.4, -0.2) is 11.2 Å². The number of hydrogen-bond acceptors (Lipinski definition) is 2. The molecule has 0 spiro atoms. The van der Waals surface area contributed by atoms with Crippen molar-refractivity contribution in [1.29, 1.82) is 0 Å². The molecule has 2 rings (SSSR count). The predicted molar refractivity (Wildman–Crippen MR) is 50.6 cm³/mol. The van der Waals surface area contributed by atoms with E-state index in [9.17, 15) is 0 Å². The second kappa shape index (κ2) is 2.89. The van der Waals surface area contributed by atoms with Crippen molar-refractivity contribution in [3.63, 3.8) is 0 Å². The Hall–Kier alpha value is -1.44. The summed E-state index contributed by atoms with van der Waals surface area (Å²) in [6.07, 6.45) is 7.84. The number of fused-ring (bicyclic) bond motifs is 1. The highest BCUT2D eigenvalue weighted by molar-refractivity contribution is 5.75. The second-order valence-electron chi connectivity index (χ2n) is 2.90. The Bertz CT molecular complexity index is 306. The van der Waals surface area contributed by atoms with Gasteiger partial charge in [0.25, 0.3) is 0 Å². The molecule has 0 aliphatic carbocycles. The Balaban J connectivity index is 2.52. The summed E-state index contributed by atoms with van der Waals surface area (Å²) in [6.45, 7) is 2.10. The van der Waals surface area contributed by atoms with Crippen LogP contribution in [0.2, 0.25) is 0 Å². The van der Waals surface area contributed by atoms with E-state index in [4.69, 9.17) is 0 Å². The van der Waals surface area contributed by atoms with Crippen molar-refractivity contribution in [3.8, 4) is 0 Å². The van der Waals surface area contributed by atoms with Crippen LogP contribution < -0.4 is 0 Å². The third kappa shape index (κ3) is 1.28. The van der Waals surface area contributed by atoms with Gasteiger partial charge in [0, 0.05) is 18.3 Å². The molecule has 1 aliphatic heterocycles. The summed E-state index contributed by atoms with van der Waals surface area (Å²) in [4.78, 5) is 8.53. The highest BCUT2D eigenvalue weighted by atomic mass is 14.8. The van der Waals surface area contributed by atoms with Crippen LogP contribution in [0, 0.1) is 5.92 Å². The summed E-state index contributed by atoms with van der Waals surface area (Å²) in [5.41, 5.74) is 1.91. The molecule has 1 aromatic heterocycles. The summed E-state index contributed by atoms with van der Waals surface area (Å²) in [6, 6.07) is 3.88. The molecule has 2 heteroatoms. The van der Waals surface area contributed by atoms with Gasteiger partial charge in [-0.05, 0) is 18.2 Å². The number of pyridine rings is 1. The summed E-state index contributed by atoms with van der Waals surface area (Å²) < 4.78 is 0. The molecular weight excluding hydrogens is 148 g/mol. The molecule has 0 bridgehead atoms. The quantitative estimate of drug-likeness (QED) is 0.569. The zero-order valence-electron chi connectivity index (χ0n) is 6.94. The highest BCUT2D eigenvalue weighted by Crippen LogP contribution is 2.20. The van der Waals surface area contributed by atoms with Crippen molar-refractivity contribution in [3.05, 3.63) is 30.1 Å². The lowest BCUT2D eigenvalue weighted by Crippen LogP contribution is -1.86. The van der Waals surface area contributed by atoms with E-state index in [-0.39, 0.29) is 0 Å². The molecule has 0 unspecified atom stereocenters. The molecule has 1 aromatic rings. The Morgan fingerprint density at radius 2 is 2.33 bits per heavy atom. The van der Waals surface area contributed by atoms with Crippen molar-refractivity contribution < 1.29 is 0 Å². The van der Waals surface area contributed by atoms with Gasteiger partial charge in [0.1, 0.15) is 0 Å². The van der Waals surface area contributed by atoms with E-state index < -0.39 is 0 Å². The first-order valence-corrected chi connectivity index (χ1v) is 4.03. The first kappa shape index (κ1) is 7.22. The Kier molecular flexibility index (Phi) is 1.74. The molecule has 1 atom stereocenters. The fourth-order valence-electron chi connectivity index (χ4n) is 1.14. The fourth-order valence-corrected chi connectivity index (χ4v) is 1.14. The zero-order chi connectivity index (χ0) is 8.39. The van der Waals surface area contributed by atoms with Gasteiger partial charge < -0.3 is 0 Å². The van der Waals surface area contributed by atoms with E-state index in [1.165, 1.54) is 0 Å². The Labute approximate surface area is 71.7 Å². The van der Waals surface area contributed by atoms with Crippen LogP contribution in [0.5, 0.6) is 0 Å². The topological polar surface area (TPSA) is 25.2 Å². The van der Waals surface area contributed by atoms with Crippen molar-refractivity contribution in [1.82, 2.24) is 4.98 Å². The molecular formula is C10H10N2. The molecule has 2 heterocycles. The number of rotatable bonds is 0. The average molecular weight is 158 g/mol. The van der Waals surface area contributed by atoms with Gasteiger partial charge >= 0.3 is 0 Å². The molecule has 0 N–H and O–H groups in total. The molecule has 0 amide bonds. The van der Waals surface area contributed by atoms with E-state index >= 15 is 0 Å². The molecule has 0 aromatic carbocycles. The zero-order valence-corrected chi connectivity index (χ0v) is 6.94. The van der Waals surface area contributed by atoms with Crippen LogP contribution >= 0.6 is 0 Å². The van der Waals surface area contributed by atoms with Crippen LogP contribution in [-0.2, 0) is 0 Å². The second-order valence-corrected chi connectivity index (χ2v) is 2.90. The predicted octanol–water partition coefficient (Wildman–Crippen LogP) is 2.45. The highest BCUT2D eigenvalue weighted by Gasteiger charge is 2.02. The number of nitrogens with zero attached hydrogens (tertiary/aromatic N) is 2. The SMILES string of the molecule is C[C@@H]1C=Cc2ncccc2N=C1. The van der Waals surface area contributed by atoms with Crippen LogP contribution in [0.1, 0.15) is 12.6 Å². The van der Waals surface area contributed by atoms with E-state index in [1.54, 1.807) is 6.20 Å². The number of aromatic nitrogens is 1. The maximum Gasteiger partial charge on any atom is 0.0883 e. The van der Waals surface area contributed by atoms with Gasteiger partial charge in [-0.2, -0.15) is 0 Å². The van der Waals surface area contributed by atoms with Gasteiger partial charge in [-0.15, -0.1) is 0 Å². The van der Waals surface area contributed by atoms with E-state index in [1.807, 2.05) is 24.4 Å². The van der Waals surface area contributed by atoms with Crippen LogP contribution in [0.3, 0.4) is 0 Å². The van der Waals surface area contributed by atoms with Crippen LogP contribution in [0.4, 0.5) is 5.69 Å². The first-order valence-electron chi connectivity index (χ1n) is 4.03. The van der Waals surface area contributed by atoms with Gasteiger partial charge in [0.05, 0.1) is 11.4 Å². The van der Waals surface area contributed by atoms with Crippen LogP contribution in [0.25, 0.3) is 6.08 Å². The summed E-state index contributed by atoms with van der Waals surface area (Å²) in [5, 5.41) is 0. The van der Waals surface area contributed by atoms with Gasteiger partial charge in [0.15, 0.2) is 0 Å². The monoisotopic (exact) mass is 158 g/mol. The standard InChI is InChI=1S/C10H10N2/c1-8-4-5-10-9(12-7-8)3-2-6-11-10/h2-8H,1H3/t8-/m1/s1. The third-order valence-electron chi connectivity index (χ3n) is 1.82. The minimum Gasteiger partial charge on any atom is -0.258 e. The third-order valence-corrected chi connectivity index (χ3v) is 1.82. The lowest BCUT2D eigenvalue weighted by Gasteiger charge is -1.94. The first-order chi connectivity index (χ1) is 5.86. The maximum atomic E-state index is 4.32. The van der Waals surface area contributed by atoms with Gasteiger partial charge in [0.2, 0.25) is 0 Å². The van der Waals surface area contributed by atoms with Gasteiger partial charge in [-0.3, -0.25) is 9.98 Å². The van der Waals surface area contributed by atoms with E-state index in [0.717, 1.165) is 11.4 Å². The minimum absolute atomic E-state index is 0.402. The molecule has 0 saturated carbocycles. The van der Waals surface area contributed by atoms with E-state index in [2.05, 4.69) is 23.0 Å². The summed E-state index contributed by atoms with van der Waals surface area (Å²) >= 11 is 0. The normalized spacial score (nSPS) is 20.2. The molecule has 0 saturated heterocycles. The lowest BCUT2D eigenvalue weighted by atomic mass is 10.2. The van der Waals surface area contributed by atoms with Gasteiger partial charge in [-0.1, -0.05) is 13.0 Å². The Morgan fingerprint density at radius 3 is 3.25 bits per heavy atom. The van der Waals surface area contributed by atoms with Gasteiger partial charge in [-0.25, -0.2) is 0 Å². The fraction of sp³-hybridized carbons (Fsp3) is 0.200. The lowest BCUT2D eigenvalue weighted by molar-refractivity contribution is 1.03. The number of allylic oxidation sites excluding steroid dienone is 1. The van der Waals surface area contributed by atoms with Crippen molar-refractivity contribution in [2.24, 2.45) is 10.9 Å². The molecule has 2 nitrogen and oxygen atoms in total. The number of aliphatic imine (C=N–C) groups is 1. The summed E-state index contributed by atoms with van der Waals surface area (Å²) in [7, 11) is 0. The average Bonchev–Trinajstić information content (AvgIpc) is 2.29. The molecule has 12 heavy (non-hydrogen) atoms. The molecule has 0 radical (unpaired) electrons. The summed E-state index contributed by atoms with van der Waals surface area (Å²) in [5.74, 6) is 0.402. The van der Waals surface area contributed by atoms with Crippen molar-refractivity contribution >= 4 is 18.0 Å². The number of hydrogen-bond donors (Lipinski definition) is 0. The minimum atomic E-state index is 0.402. The van der Waals surface area contributed by atoms with Crippen molar-refractivity contribution in [2.45, 2.75) is 6.92 Å². The smallest absolute Gasteiger partial charge is 0.0883 e. The Morgan fingerprint density at radius 1 is 1.42 bits per heavy atom. The van der Waals surface area contributed by atoms with E-state index in [0.29, 0.717) is 5.92 Å². The van der Waals surface area contributed by atoms with Crippen molar-refractivity contribution in [2.75, 3.05) is 0 Å². The maximum absolute atomic E-state index is 4.32. The molecule has 0 fully saturated rings. The van der Waals surface area contributed by atoms with Crippen LogP contribution in [0.15, 0.2) is 29.4 Å². The molecule has 1 aliphatic rings. The largest absolute Gasteiger partial charge is 0.258 e.